The number of hydrogen-bond donors (Lipinski definition) is 2. The molecule has 0 saturated heterocycles. The second-order valence-corrected chi connectivity index (χ2v) is 9.11. The van der Waals surface area contributed by atoms with E-state index in [1.807, 2.05) is 48.5 Å². The van der Waals surface area contributed by atoms with Gasteiger partial charge in [-0.2, -0.15) is 0 Å². The van der Waals surface area contributed by atoms with Crippen molar-refractivity contribution in [3.63, 3.8) is 0 Å². The average Bonchev–Trinajstić information content (AvgIpc) is 3.20. The molecule has 2 N–H and O–H groups in total. The molecule has 0 aliphatic carbocycles. The molecule has 3 aromatic carbocycles. The van der Waals surface area contributed by atoms with Crippen LogP contribution in [-0.2, 0) is 27.4 Å². The normalized spacial score (nSPS) is 11.6. The van der Waals surface area contributed by atoms with Crippen LogP contribution in [-0.4, -0.2) is 46.1 Å². The Bertz CT molecular complexity index is 1480. The number of nitrogens with zero attached hydrogens (tertiary/aromatic N) is 2. The number of thiazole rings is 1. The highest BCUT2D eigenvalue weighted by Gasteiger charge is 2.25. The van der Waals surface area contributed by atoms with E-state index in [2.05, 4.69) is 5.16 Å². The second kappa shape index (κ2) is 11.5. The van der Waals surface area contributed by atoms with E-state index < -0.39 is 17.9 Å². The first-order chi connectivity index (χ1) is 17.9. The Morgan fingerprint density at radius 3 is 2.32 bits per heavy atom. The fourth-order valence-corrected chi connectivity index (χ4v) is 4.83. The molecule has 10 heteroatoms. The third-order valence-corrected chi connectivity index (χ3v) is 6.66. The molecular formula is C27H24N2O7S. The molecule has 37 heavy (non-hydrogen) atoms. The predicted octanol–water partition coefficient (Wildman–Crippen LogP) is 3.87. The quantitative estimate of drug-likeness (QED) is 0.175. The fraction of sp³-hybridized carbons (Fsp3) is 0.185. The number of ether oxygens (including phenoxy) is 1. The van der Waals surface area contributed by atoms with Crippen molar-refractivity contribution in [3.05, 3.63) is 99.2 Å². The second-order valence-electron chi connectivity index (χ2n) is 8.12. The number of aromatic nitrogens is 1. The standard InChI is InChI=1S/C27H24N2O7S/c1-35-28-24(18-5-3-2-4-6-18)19-9-12-22-23(16-19)37-27(34)29(22)13-14-36-20-10-7-17(8-11-20)15-21(25(30)31)26(32)33/h2-12,16,21H,13-15H2,1H3,(H,30,31)(H,32,33)/b28-24+. The van der Waals surface area contributed by atoms with Gasteiger partial charge in [0, 0.05) is 11.1 Å². The van der Waals surface area contributed by atoms with Crippen molar-refractivity contribution in [3.8, 4) is 5.75 Å². The van der Waals surface area contributed by atoms with Gasteiger partial charge in [-0.25, -0.2) is 0 Å². The summed E-state index contributed by atoms with van der Waals surface area (Å²) < 4.78 is 8.23. The van der Waals surface area contributed by atoms with Gasteiger partial charge < -0.3 is 19.8 Å². The van der Waals surface area contributed by atoms with Gasteiger partial charge in [0.05, 0.1) is 16.8 Å². The van der Waals surface area contributed by atoms with E-state index in [0.29, 0.717) is 23.6 Å². The number of carboxylic acids is 2. The minimum atomic E-state index is -1.50. The van der Waals surface area contributed by atoms with Crippen LogP contribution in [0.1, 0.15) is 16.7 Å². The number of benzene rings is 3. The van der Waals surface area contributed by atoms with Gasteiger partial charge in [-0.3, -0.25) is 19.0 Å². The minimum Gasteiger partial charge on any atom is -0.492 e. The highest BCUT2D eigenvalue weighted by atomic mass is 32.1. The lowest BCUT2D eigenvalue weighted by atomic mass is 10.00. The maximum atomic E-state index is 12.7. The predicted molar refractivity (Wildman–Crippen MR) is 140 cm³/mol. The lowest BCUT2D eigenvalue weighted by Gasteiger charge is -2.10. The van der Waals surface area contributed by atoms with Gasteiger partial charge in [-0.15, -0.1) is 0 Å². The van der Waals surface area contributed by atoms with Crippen molar-refractivity contribution in [2.45, 2.75) is 13.0 Å². The van der Waals surface area contributed by atoms with Crippen LogP contribution >= 0.6 is 11.3 Å². The smallest absolute Gasteiger partial charge is 0.318 e. The number of hydrogen-bond acceptors (Lipinski definition) is 7. The molecule has 0 unspecified atom stereocenters. The van der Waals surface area contributed by atoms with Crippen molar-refractivity contribution in [1.82, 2.24) is 4.57 Å². The zero-order chi connectivity index (χ0) is 26.4. The Kier molecular flexibility index (Phi) is 7.99. The van der Waals surface area contributed by atoms with Gasteiger partial charge in [-0.1, -0.05) is 65.0 Å². The van der Waals surface area contributed by atoms with E-state index in [9.17, 15) is 14.4 Å². The van der Waals surface area contributed by atoms with Crippen molar-refractivity contribution >= 4 is 39.2 Å². The number of carbonyl (C=O) groups is 2. The molecule has 0 radical (unpaired) electrons. The summed E-state index contributed by atoms with van der Waals surface area (Å²) in [5, 5.41) is 22.3. The summed E-state index contributed by atoms with van der Waals surface area (Å²) in [6.45, 7) is 0.567. The molecule has 190 valence electrons. The molecule has 4 aromatic rings. The molecule has 1 heterocycles. The zero-order valence-corrected chi connectivity index (χ0v) is 20.7. The highest BCUT2D eigenvalue weighted by molar-refractivity contribution is 7.16. The number of carboxylic acid groups (broad SMARTS) is 2. The summed E-state index contributed by atoms with van der Waals surface area (Å²) in [6, 6.07) is 21.9. The molecule has 1 aromatic heterocycles. The molecule has 0 fully saturated rings. The third kappa shape index (κ3) is 6.04. The third-order valence-electron chi connectivity index (χ3n) is 5.71. The SMILES string of the molecule is CO/N=C(\c1ccccc1)c1ccc2c(c1)sc(=O)n2CCOc1ccc(CC(C(=O)O)C(=O)O)cc1. The van der Waals surface area contributed by atoms with E-state index >= 15 is 0 Å². The van der Waals surface area contributed by atoms with E-state index in [0.717, 1.165) is 32.7 Å². The topological polar surface area (TPSA) is 127 Å². The number of aliphatic carboxylic acids is 2. The molecule has 0 atom stereocenters. The molecule has 0 aliphatic heterocycles. The first-order valence-corrected chi connectivity index (χ1v) is 12.2. The van der Waals surface area contributed by atoms with Gasteiger partial charge >= 0.3 is 16.8 Å². The first kappa shape index (κ1) is 25.6. The Labute approximate surface area is 215 Å². The van der Waals surface area contributed by atoms with Crippen LogP contribution in [0.15, 0.2) is 82.7 Å². The molecule has 4 rings (SSSR count). The summed E-state index contributed by atoms with van der Waals surface area (Å²) in [5.41, 5.74) is 3.76. The lowest BCUT2D eigenvalue weighted by Crippen LogP contribution is -2.25. The summed E-state index contributed by atoms with van der Waals surface area (Å²) in [4.78, 5) is 39.8. The molecule has 9 nitrogen and oxygen atoms in total. The molecule has 0 bridgehead atoms. The molecule has 0 amide bonds. The van der Waals surface area contributed by atoms with Crippen LogP contribution in [0.4, 0.5) is 0 Å². The van der Waals surface area contributed by atoms with Crippen molar-refractivity contribution in [2.75, 3.05) is 13.7 Å². The first-order valence-electron chi connectivity index (χ1n) is 11.3. The van der Waals surface area contributed by atoms with Gasteiger partial charge in [0.15, 0.2) is 5.92 Å². The summed E-state index contributed by atoms with van der Waals surface area (Å²) >= 11 is 1.14. The van der Waals surface area contributed by atoms with E-state index in [1.54, 1.807) is 28.8 Å². The number of oxime groups is 1. The van der Waals surface area contributed by atoms with Gasteiger partial charge in [0.2, 0.25) is 0 Å². The lowest BCUT2D eigenvalue weighted by molar-refractivity contribution is -0.154. The zero-order valence-electron chi connectivity index (χ0n) is 19.9. The van der Waals surface area contributed by atoms with Crippen LogP contribution in [0.2, 0.25) is 0 Å². The monoisotopic (exact) mass is 520 g/mol. The summed E-state index contributed by atoms with van der Waals surface area (Å²) in [7, 11) is 1.49. The maximum Gasteiger partial charge on any atom is 0.318 e. The summed E-state index contributed by atoms with van der Waals surface area (Å²) in [5.74, 6) is -3.73. The highest BCUT2D eigenvalue weighted by Crippen LogP contribution is 2.22. The molecular weight excluding hydrogens is 496 g/mol. The van der Waals surface area contributed by atoms with Crippen LogP contribution in [0.3, 0.4) is 0 Å². The van der Waals surface area contributed by atoms with Crippen LogP contribution in [0.5, 0.6) is 5.75 Å². The van der Waals surface area contributed by atoms with Crippen LogP contribution in [0.25, 0.3) is 10.2 Å². The Morgan fingerprint density at radius 2 is 1.68 bits per heavy atom. The van der Waals surface area contributed by atoms with E-state index in [-0.39, 0.29) is 17.9 Å². The summed E-state index contributed by atoms with van der Waals surface area (Å²) in [6.07, 6.45) is -0.121. The van der Waals surface area contributed by atoms with Gasteiger partial charge in [0.1, 0.15) is 25.2 Å². The van der Waals surface area contributed by atoms with Crippen molar-refractivity contribution in [1.29, 1.82) is 0 Å². The molecule has 0 saturated carbocycles. The fourth-order valence-electron chi connectivity index (χ4n) is 3.88. The minimum absolute atomic E-state index is 0.107. The maximum absolute atomic E-state index is 12.7. The molecule has 0 aliphatic rings. The number of fused-ring (bicyclic) bond motifs is 1. The Balaban J connectivity index is 1.45. The van der Waals surface area contributed by atoms with Gasteiger partial charge in [-0.05, 0) is 36.2 Å². The van der Waals surface area contributed by atoms with Gasteiger partial charge in [0.25, 0.3) is 0 Å². The van der Waals surface area contributed by atoms with E-state index in [4.69, 9.17) is 19.8 Å². The Hall–Kier alpha value is -4.44. The van der Waals surface area contributed by atoms with E-state index in [1.165, 1.54) is 7.11 Å². The molecule has 0 spiro atoms. The number of rotatable bonds is 11. The van der Waals surface area contributed by atoms with Crippen LogP contribution in [0, 0.1) is 5.92 Å². The largest absolute Gasteiger partial charge is 0.492 e. The van der Waals surface area contributed by atoms with Crippen molar-refractivity contribution < 1.29 is 29.4 Å². The Morgan fingerprint density at radius 1 is 0.973 bits per heavy atom. The average molecular weight is 521 g/mol. The van der Waals surface area contributed by atoms with Crippen molar-refractivity contribution in [2.24, 2.45) is 11.1 Å². The van der Waals surface area contributed by atoms with Crippen LogP contribution < -0.4 is 9.61 Å².